The summed E-state index contributed by atoms with van der Waals surface area (Å²) in [6.45, 7) is 5.93. The highest BCUT2D eigenvalue weighted by molar-refractivity contribution is 7.90. The number of nitrogens with zero attached hydrogens (tertiary/aromatic N) is 4. The van der Waals surface area contributed by atoms with Crippen LogP contribution in [0.3, 0.4) is 0 Å². The maximum atomic E-state index is 13.8. The summed E-state index contributed by atoms with van der Waals surface area (Å²) in [5, 5.41) is 15.1. The number of ether oxygens (including phenoxy) is 2. The standard InChI is InChI=1S/C45H54N6O7S/c1-48-36-11-12-37(48)27-33(26-36)25-34-7-5-6-8-35(34)31-49-19-21-50(22-20-49)38-13-15-41(44(28-38)58-39-9-3-2-4-10-39)45(52)47-59(55,56)40-14-16-42(43(29-40)51(53)54)46-30-32-17-23-57-24-18-32/h2-10,13-16,28-29,32-33,36-37,46H,11-12,17-27,30-31H2,1H3,(H,47,52)/t33?,36-,37+. The van der Waals surface area contributed by atoms with Crippen LogP contribution in [0.15, 0.2) is 95.9 Å². The Balaban J connectivity index is 0.938. The molecule has 59 heavy (non-hydrogen) atoms. The molecule has 2 bridgehead atoms. The summed E-state index contributed by atoms with van der Waals surface area (Å²) in [5.41, 5.74) is 3.55. The fourth-order valence-corrected chi connectivity index (χ4v) is 10.3. The molecule has 0 aliphatic carbocycles. The van der Waals surface area contributed by atoms with Crippen LogP contribution in [0.2, 0.25) is 0 Å². The van der Waals surface area contributed by atoms with Crippen LogP contribution in [-0.2, 0) is 27.7 Å². The van der Waals surface area contributed by atoms with Gasteiger partial charge in [-0.25, -0.2) is 13.1 Å². The largest absolute Gasteiger partial charge is 0.456 e. The lowest BCUT2D eigenvalue weighted by molar-refractivity contribution is -0.384. The molecule has 1 amide bonds. The minimum Gasteiger partial charge on any atom is -0.456 e. The van der Waals surface area contributed by atoms with E-state index >= 15 is 0 Å². The molecule has 4 aromatic carbocycles. The molecule has 4 fully saturated rings. The average molecular weight is 823 g/mol. The molecule has 312 valence electrons. The van der Waals surface area contributed by atoms with Crippen LogP contribution in [0.4, 0.5) is 17.1 Å². The van der Waals surface area contributed by atoms with Gasteiger partial charge in [0.05, 0.1) is 15.4 Å². The van der Waals surface area contributed by atoms with Crippen molar-refractivity contribution in [1.82, 2.24) is 14.5 Å². The third kappa shape index (κ3) is 9.73. The van der Waals surface area contributed by atoms with E-state index in [4.69, 9.17) is 9.47 Å². The number of nitrogens with one attached hydrogen (secondary N) is 2. The van der Waals surface area contributed by atoms with Crippen LogP contribution in [0.5, 0.6) is 11.5 Å². The first-order chi connectivity index (χ1) is 28.6. The van der Waals surface area contributed by atoms with Gasteiger partial charge < -0.3 is 24.6 Å². The Morgan fingerprint density at radius 2 is 1.54 bits per heavy atom. The Morgan fingerprint density at radius 1 is 0.847 bits per heavy atom. The number of amides is 1. The highest BCUT2D eigenvalue weighted by Gasteiger charge is 2.38. The molecule has 2 N–H and O–H groups in total. The van der Waals surface area contributed by atoms with Crippen molar-refractivity contribution in [1.29, 1.82) is 0 Å². The van der Waals surface area contributed by atoms with E-state index in [0.29, 0.717) is 25.5 Å². The normalized spacial score (nSPS) is 21.6. The predicted molar refractivity (Wildman–Crippen MR) is 228 cm³/mol. The van der Waals surface area contributed by atoms with Crippen LogP contribution in [-0.4, -0.2) is 94.1 Å². The minimum atomic E-state index is -4.51. The van der Waals surface area contributed by atoms with E-state index in [0.717, 1.165) is 81.7 Å². The maximum Gasteiger partial charge on any atom is 0.293 e. The molecule has 4 aromatic rings. The van der Waals surface area contributed by atoms with E-state index in [1.54, 1.807) is 24.3 Å². The average Bonchev–Trinajstić information content (AvgIpc) is 3.43. The fraction of sp³-hybridized carbons (Fsp3) is 0.444. The second-order valence-electron chi connectivity index (χ2n) is 16.5. The van der Waals surface area contributed by atoms with E-state index in [2.05, 4.69) is 56.1 Å². The summed E-state index contributed by atoms with van der Waals surface area (Å²) < 4.78 is 40.9. The number of hydrogen-bond donors (Lipinski definition) is 2. The number of fused-ring (bicyclic) bond motifs is 2. The first kappa shape index (κ1) is 40.7. The molecule has 4 heterocycles. The van der Waals surface area contributed by atoms with E-state index in [1.807, 2.05) is 24.3 Å². The van der Waals surface area contributed by atoms with Crippen LogP contribution < -0.4 is 19.7 Å². The minimum absolute atomic E-state index is 0.0123. The lowest BCUT2D eigenvalue weighted by atomic mass is 9.85. The number of carbonyl (C=O) groups excluding carboxylic acids is 1. The van der Waals surface area contributed by atoms with Crippen molar-refractivity contribution in [2.45, 2.75) is 68.5 Å². The number of nitro groups is 1. The first-order valence-corrected chi connectivity index (χ1v) is 22.4. The van der Waals surface area contributed by atoms with E-state index in [1.165, 1.54) is 48.9 Å². The summed E-state index contributed by atoms with van der Waals surface area (Å²) in [7, 11) is -2.21. The Hall–Kier alpha value is -5.02. The van der Waals surface area contributed by atoms with Gasteiger partial charge in [0.1, 0.15) is 17.2 Å². The van der Waals surface area contributed by atoms with Gasteiger partial charge in [-0.1, -0.05) is 42.5 Å². The highest BCUT2D eigenvalue weighted by atomic mass is 32.2. The Bertz CT molecular complexity index is 2210. The van der Waals surface area contributed by atoms with E-state index in [-0.39, 0.29) is 22.9 Å². The van der Waals surface area contributed by atoms with Crippen LogP contribution in [0.25, 0.3) is 0 Å². The van der Waals surface area contributed by atoms with Gasteiger partial charge in [0.15, 0.2) is 0 Å². The zero-order valence-corrected chi connectivity index (χ0v) is 34.4. The molecule has 0 aromatic heterocycles. The lowest BCUT2D eigenvalue weighted by Gasteiger charge is -2.37. The van der Waals surface area contributed by atoms with Crippen molar-refractivity contribution < 1.29 is 27.6 Å². The number of sulfonamides is 1. The van der Waals surface area contributed by atoms with E-state index in [9.17, 15) is 23.3 Å². The SMILES string of the molecule is CN1[C@@H]2CC[C@H]1CC(Cc1ccccc1CN1CCN(c3ccc(C(=O)NS(=O)(=O)c4ccc(NCC5CCOCC5)c([N+](=O)[O-])c4)c(Oc4ccccc4)c3)CC1)C2. The number of hydrogen-bond acceptors (Lipinski definition) is 11. The van der Waals surface area contributed by atoms with Gasteiger partial charge >= 0.3 is 0 Å². The fourth-order valence-electron chi connectivity index (χ4n) is 9.33. The first-order valence-electron chi connectivity index (χ1n) is 20.9. The summed E-state index contributed by atoms with van der Waals surface area (Å²) >= 11 is 0. The number of rotatable bonds is 14. The molecule has 3 atom stereocenters. The molecule has 0 spiro atoms. The number of piperazine rings is 1. The van der Waals surface area contributed by atoms with Crippen LogP contribution in [0.1, 0.15) is 60.0 Å². The summed E-state index contributed by atoms with van der Waals surface area (Å²) in [5.74, 6) is 0.789. The van der Waals surface area contributed by atoms with Crippen molar-refractivity contribution in [2.75, 3.05) is 63.2 Å². The lowest BCUT2D eigenvalue weighted by Crippen LogP contribution is -2.46. The van der Waals surface area contributed by atoms with Gasteiger partial charge in [-0.2, -0.15) is 0 Å². The van der Waals surface area contributed by atoms with Crippen molar-refractivity contribution in [3.05, 3.63) is 118 Å². The summed E-state index contributed by atoms with van der Waals surface area (Å²) in [4.78, 5) is 32.1. The van der Waals surface area contributed by atoms with Crippen LogP contribution >= 0.6 is 0 Å². The van der Waals surface area contributed by atoms with Gasteiger partial charge in [0, 0.05) is 82.4 Å². The zero-order valence-electron chi connectivity index (χ0n) is 33.6. The molecule has 0 radical (unpaired) electrons. The molecule has 1 unspecified atom stereocenters. The van der Waals surface area contributed by atoms with Gasteiger partial charge in [0.25, 0.3) is 21.6 Å². The van der Waals surface area contributed by atoms with E-state index < -0.39 is 31.4 Å². The number of para-hydroxylation sites is 1. The van der Waals surface area contributed by atoms with Crippen molar-refractivity contribution >= 4 is 33.0 Å². The third-order valence-corrected chi connectivity index (χ3v) is 14.1. The number of piperidine rings is 1. The maximum absolute atomic E-state index is 13.8. The second-order valence-corrected chi connectivity index (χ2v) is 18.2. The van der Waals surface area contributed by atoms with Gasteiger partial charge in [-0.05, 0) is 111 Å². The predicted octanol–water partition coefficient (Wildman–Crippen LogP) is 7.08. The van der Waals surface area contributed by atoms with Crippen molar-refractivity contribution in [3.63, 3.8) is 0 Å². The van der Waals surface area contributed by atoms with Gasteiger partial charge in [-0.15, -0.1) is 0 Å². The molecule has 13 nitrogen and oxygen atoms in total. The number of nitro benzene ring substituents is 1. The quantitative estimate of drug-likeness (QED) is 0.0994. The third-order valence-electron chi connectivity index (χ3n) is 12.8. The molecule has 4 aliphatic heterocycles. The van der Waals surface area contributed by atoms with Crippen molar-refractivity contribution in [3.8, 4) is 11.5 Å². The highest BCUT2D eigenvalue weighted by Crippen LogP contribution is 2.39. The molecule has 0 saturated carbocycles. The Labute approximate surface area is 346 Å². The number of carbonyl (C=O) groups is 1. The number of anilines is 2. The smallest absolute Gasteiger partial charge is 0.293 e. The van der Waals surface area contributed by atoms with Crippen LogP contribution in [0, 0.1) is 22.0 Å². The molecule has 4 aliphatic rings. The van der Waals surface area contributed by atoms with Gasteiger partial charge in [-0.3, -0.25) is 19.8 Å². The topological polar surface area (TPSA) is 147 Å². The Kier molecular flexibility index (Phi) is 12.5. The molecule has 8 rings (SSSR count). The molecule has 4 saturated heterocycles. The zero-order chi connectivity index (χ0) is 40.9. The summed E-state index contributed by atoms with van der Waals surface area (Å²) in [6.07, 6.45) is 8.06. The molecular formula is C45H54N6O7S. The monoisotopic (exact) mass is 822 g/mol. The Morgan fingerprint density at radius 3 is 2.25 bits per heavy atom. The van der Waals surface area contributed by atoms with Gasteiger partial charge in [0.2, 0.25) is 0 Å². The molecule has 14 heteroatoms. The summed E-state index contributed by atoms with van der Waals surface area (Å²) in [6, 6.07) is 28.1. The van der Waals surface area contributed by atoms with Crippen molar-refractivity contribution in [2.24, 2.45) is 11.8 Å². The molecular weight excluding hydrogens is 769 g/mol. The second kappa shape index (κ2) is 18.1. The number of benzene rings is 4.